The van der Waals surface area contributed by atoms with E-state index < -0.39 is 5.97 Å². The largest absolute Gasteiger partial charge is 0.480 e. The molecule has 1 amide bonds. The fraction of sp³-hybridized carbons (Fsp3) is 0.333. The maximum absolute atomic E-state index is 13.0. The number of anilines is 1. The van der Waals surface area contributed by atoms with Crippen molar-refractivity contribution in [3.05, 3.63) is 53.1 Å². The van der Waals surface area contributed by atoms with Crippen molar-refractivity contribution in [2.45, 2.75) is 20.0 Å². The van der Waals surface area contributed by atoms with E-state index in [9.17, 15) is 14.7 Å². The Balaban J connectivity index is 1.51. The van der Waals surface area contributed by atoms with E-state index in [1.54, 1.807) is 29.1 Å². The number of hydrazine groups is 1. The number of ether oxygens (including phenoxy) is 2. The molecule has 0 spiro atoms. The van der Waals surface area contributed by atoms with Gasteiger partial charge in [-0.15, -0.1) is 0 Å². The zero-order valence-electron chi connectivity index (χ0n) is 16.4. The summed E-state index contributed by atoms with van der Waals surface area (Å²) in [6.45, 7) is 2.95. The van der Waals surface area contributed by atoms with Gasteiger partial charge in [-0.25, -0.2) is 5.01 Å². The number of aliphatic carboxylic acids is 1. The summed E-state index contributed by atoms with van der Waals surface area (Å²) < 4.78 is 10.8. The molecule has 0 saturated carbocycles. The molecular formula is C21H23N3O5. The number of carboxylic acid groups (broad SMARTS) is 1. The van der Waals surface area contributed by atoms with Gasteiger partial charge in [0.1, 0.15) is 6.54 Å². The zero-order chi connectivity index (χ0) is 20.5. The summed E-state index contributed by atoms with van der Waals surface area (Å²) in [4.78, 5) is 26.0. The van der Waals surface area contributed by atoms with Crippen molar-refractivity contribution in [3.8, 4) is 11.5 Å². The molecule has 2 aliphatic rings. The number of aryl methyl sites for hydroxylation is 1. The Morgan fingerprint density at radius 1 is 1.07 bits per heavy atom. The topological polar surface area (TPSA) is 82.6 Å². The van der Waals surface area contributed by atoms with E-state index in [1.165, 1.54) is 11.1 Å². The van der Waals surface area contributed by atoms with Crippen LogP contribution in [0, 0.1) is 6.92 Å². The number of amides is 1. The molecule has 0 saturated heterocycles. The summed E-state index contributed by atoms with van der Waals surface area (Å²) in [5, 5.41) is 12.9. The molecule has 0 bridgehead atoms. The lowest BCUT2D eigenvalue weighted by Gasteiger charge is -2.31. The van der Waals surface area contributed by atoms with Gasteiger partial charge >= 0.3 is 5.97 Å². The van der Waals surface area contributed by atoms with Gasteiger partial charge in [-0.1, -0.05) is 24.3 Å². The lowest BCUT2D eigenvalue weighted by atomic mass is 10.1. The van der Waals surface area contributed by atoms with Crippen LogP contribution in [0.5, 0.6) is 11.5 Å². The molecule has 2 aromatic rings. The van der Waals surface area contributed by atoms with Crippen LogP contribution in [-0.4, -0.2) is 53.9 Å². The van der Waals surface area contributed by atoms with E-state index in [0.717, 1.165) is 5.56 Å². The molecule has 0 fully saturated rings. The van der Waals surface area contributed by atoms with E-state index in [0.29, 0.717) is 30.3 Å². The Labute approximate surface area is 168 Å². The molecule has 2 heterocycles. The quantitative estimate of drug-likeness (QED) is 0.798. The van der Waals surface area contributed by atoms with E-state index in [2.05, 4.69) is 12.1 Å². The summed E-state index contributed by atoms with van der Waals surface area (Å²) >= 11 is 0. The highest BCUT2D eigenvalue weighted by molar-refractivity contribution is 5.84. The number of hydrogen-bond acceptors (Lipinski definition) is 6. The average molecular weight is 397 g/mol. The van der Waals surface area contributed by atoms with Crippen LogP contribution in [0.25, 0.3) is 0 Å². The van der Waals surface area contributed by atoms with Gasteiger partial charge in [-0.05, 0) is 29.7 Å². The monoisotopic (exact) mass is 397 g/mol. The van der Waals surface area contributed by atoms with E-state index >= 15 is 0 Å². The summed E-state index contributed by atoms with van der Waals surface area (Å²) in [6, 6.07) is 11.6. The molecule has 4 rings (SSSR count). The number of carbonyl (C=O) groups excluding carboxylic acids is 1. The first-order valence-corrected chi connectivity index (χ1v) is 9.37. The number of likely N-dealkylation sites (N-methyl/N-ethyl adjacent to an activating group) is 1. The van der Waals surface area contributed by atoms with Crippen LogP contribution in [0.15, 0.2) is 36.4 Å². The second-order valence-corrected chi connectivity index (χ2v) is 7.25. The zero-order valence-corrected chi connectivity index (χ0v) is 16.4. The first kappa shape index (κ1) is 19.1. The minimum Gasteiger partial charge on any atom is -0.480 e. The molecule has 2 aromatic carbocycles. The van der Waals surface area contributed by atoms with Crippen molar-refractivity contribution in [1.29, 1.82) is 0 Å². The molecule has 1 N–H and O–H groups in total. The second kappa shape index (κ2) is 7.63. The number of carboxylic acids is 1. The van der Waals surface area contributed by atoms with Crippen molar-refractivity contribution in [1.82, 2.24) is 10.0 Å². The second-order valence-electron chi connectivity index (χ2n) is 7.25. The molecular weight excluding hydrogens is 374 g/mol. The van der Waals surface area contributed by atoms with Gasteiger partial charge in [-0.2, -0.15) is 0 Å². The van der Waals surface area contributed by atoms with E-state index in [4.69, 9.17) is 9.47 Å². The lowest BCUT2D eigenvalue weighted by Crippen LogP contribution is -2.47. The van der Waals surface area contributed by atoms with Crippen LogP contribution < -0.4 is 14.4 Å². The number of rotatable bonds is 6. The third-order valence-corrected chi connectivity index (χ3v) is 5.29. The molecule has 0 unspecified atom stereocenters. The standard InChI is InChI=1S/C21H23N3O5/c1-14-7-18-19(29-13-28-18)8-17(14)23(12-21(26)27)11-20(25)22(2)24-9-15-5-3-4-6-16(15)10-24/h3-8H,9-13H2,1-2H3,(H,26,27). The highest BCUT2D eigenvalue weighted by Gasteiger charge is 2.27. The van der Waals surface area contributed by atoms with Crippen LogP contribution in [0.4, 0.5) is 5.69 Å². The van der Waals surface area contributed by atoms with Crippen LogP contribution in [0.3, 0.4) is 0 Å². The summed E-state index contributed by atoms with van der Waals surface area (Å²) in [7, 11) is 1.72. The van der Waals surface area contributed by atoms with E-state index in [1.807, 2.05) is 24.1 Å². The Bertz CT molecular complexity index is 936. The van der Waals surface area contributed by atoms with Gasteiger partial charge in [0.25, 0.3) is 5.91 Å². The minimum absolute atomic E-state index is 0.0594. The van der Waals surface area contributed by atoms with Crippen LogP contribution >= 0.6 is 0 Å². The number of hydrogen-bond donors (Lipinski definition) is 1. The predicted molar refractivity (Wildman–Crippen MR) is 106 cm³/mol. The molecule has 8 nitrogen and oxygen atoms in total. The average Bonchev–Trinajstić information content (AvgIpc) is 3.31. The number of benzene rings is 2. The molecule has 0 atom stereocenters. The third-order valence-electron chi connectivity index (χ3n) is 5.29. The van der Waals surface area contributed by atoms with Gasteiger partial charge < -0.3 is 19.5 Å². The Morgan fingerprint density at radius 2 is 1.69 bits per heavy atom. The van der Waals surface area contributed by atoms with Gasteiger partial charge in [0.05, 0.1) is 6.54 Å². The van der Waals surface area contributed by atoms with Crippen LogP contribution in [0.2, 0.25) is 0 Å². The Kier molecular flexibility index (Phi) is 5.02. The number of fused-ring (bicyclic) bond motifs is 2. The lowest BCUT2D eigenvalue weighted by molar-refractivity contribution is -0.145. The van der Waals surface area contributed by atoms with Crippen molar-refractivity contribution in [2.24, 2.45) is 0 Å². The molecule has 2 aliphatic heterocycles. The predicted octanol–water partition coefficient (Wildman–Crippen LogP) is 2.00. The minimum atomic E-state index is -1.01. The summed E-state index contributed by atoms with van der Waals surface area (Å²) in [5.41, 5.74) is 3.85. The summed E-state index contributed by atoms with van der Waals surface area (Å²) in [6.07, 6.45) is 0. The van der Waals surface area contributed by atoms with Crippen molar-refractivity contribution >= 4 is 17.6 Å². The maximum atomic E-state index is 13.0. The van der Waals surface area contributed by atoms with Gasteiger partial charge in [0.15, 0.2) is 11.5 Å². The Morgan fingerprint density at radius 3 is 2.31 bits per heavy atom. The first-order valence-electron chi connectivity index (χ1n) is 9.37. The Hall–Kier alpha value is -3.26. The molecule has 152 valence electrons. The number of carbonyl (C=O) groups is 2. The maximum Gasteiger partial charge on any atom is 0.323 e. The molecule has 8 heteroatoms. The SMILES string of the molecule is Cc1cc2c(cc1N(CC(=O)O)CC(=O)N(C)N1Cc3ccccc3C1)OCO2. The smallest absolute Gasteiger partial charge is 0.323 e. The summed E-state index contributed by atoms with van der Waals surface area (Å²) in [5.74, 6) is -0.0150. The van der Waals surface area contributed by atoms with Crippen molar-refractivity contribution in [3.63, 3.8) is 0 Å². The normalized spacial score (nSPS) is 14.6. The van der Waals surface area contributed by atoms with Crippen LogP contribution in [0.1, 0.15) is 16.7 Å². The van der Waals surface area contributed by atoms with Gasteiger partial charge in [-0.3, -0.25) is 14.6 Å². The molecule has 0 aromatic heterocycles. The molecule has 0 radical (unpaired) electrons. The molecule has 29 heavy (non-hydrogen) atoms. The van der Waals surface area contributed by atoms with Crippen molar-refractivity contribution in [2.75, 3.05) is 31.8 Å². The highest BCUT2D eigenvalue weighted by atomic mass is 16.7. The molecule has 0 aliphatic carbocycles. The van der Waals surface area contributed by atoms with Crippen LogP contribution in [-0.2, 0) is 22.7 Å². The van der Waals surface area contributed by atoms with Gasteiger partial charge in [0, 0.05) is 31.9 Å². The van der Waals surface area contributed by atoms with Crippen molar-refractivity contribution < 1.29 is 24.2 Å². The fourth-order valence-electron chi connectivity index (χ4n) is 3.71. The van der Waals surface area contributed by atoms with Gasteiger partial charge in [0.2, 0.25) is 6.79 Å². The number of nitrogens with zero attached hydrogens (tertiary/aromatic N) is 3. The van der Waals surface area contributed by atoms with E-state index in [-0.39, 0.29) is 25.8 Å². The highest BCUT2D eigenvalue weighted by Crippen LogP contribution is 2.38. The first-order chi connectivity index (χ1) is 13.9. The third kappa shape index (κ3) is 3.84. The fourth-order valence-corrected chi connectivity index (χ4v) is 3.71.